The van der Waals surface area contributed by atoms with Crippen molar-refractivity contribution in [3.8, 4) is 5.75 Å². The lowest BCUT2D eigenvalue weighted by atomic mass is 9.49. The molecule has 0 unspecified atom stereocenters. The Bertz CT molecular complexity index is 603. The highest BCUT2D eigenvalue weighted by molar-refractivity contribution is 5.87. The number of nitrogens with one attached hydrogen (secondary N) is 1. The van der Waals surface area contributed by atoms with Crippen LogP contribution in [0, 0.1) is 23.2 Å². The van der Waals surface area contributed by atoms with Crippen LogP contribution in [-0.2, 0) is 4.79 Å². The molecule has 0 spiro atoms. The molecule has 122 valence electrons. The van der Waals surface area contributed by atoms with Crippen molar-refractivity contribution in [2.24, 2.45) is 28.3 Å². The Morgan fingerprint density at radius 3 is 2.39 bits per heavy atom. The molecule has 1 N–H and O–H groups in total. The first-order valence-electron chi connectivity index (χ1n) is 8.65. The highest BCUT2D eigenvalue weighted by Crippen LogP contribution is 2.60. The number of rotatable bonds is 4. The zero-order chi connectivity index (χ0) is 15.9. The van der Waals surface area contributed by atoms with Crippen molar-refractivity contribution in [3.63, 3.8) is 0 Å². The van der Waals surface area contributed by atoms with Crippen LogP contribution in [0.3, 0.4) is 0 Å². The summed E-state index contributed by atoms with van der Waals surface area (Å²) in [5.41, 5.74) is 3.54. The average molecular weight is 312 g/mol. The van der Waals surface area contributed by atoms with E-state index < -0.39 is 0 Å². The van der Waals surface area contributed by atoms with E-state index in [0.29, 0.717) is 0 Å². The number of para-hydroxylation sites is 1. The highest BCUT2D eigenvalue weighted by atomic mass is 16.5. The molecule has 5 rings (SSSR count). The maximum absolute atomic E-state index is 12.8. The molecule has 1 aromatic carbocycles. The number of carbonyl (C=O) groups excluding carboxylic acids is 1. The highest BCUT2D eigenvalue weighted by Gasteiger charge is 2.54. The van der Waals surface area contributed by atoms with Crippen LogP contribution < -0.4 is 10.2 Å². The molecule has 0 aromatic heterocycles. The lowest BCUT2D eigenvalue weighted by Gasteiger charge is -2.55. The fourth-order valence-corrected chi connectivity index (χ4v) is 5.44. The summed E-state index contributed by atoms with van der Waals surface area (Å²) in [6.45, 7) is 0. The van der Waals surface area contributed by atoms with E-state index in [-0.39, 0.29) is 11.3 Å². The molecule has 0 atom stereocenters. The van der Waals surface area contributed by atoms with Gasteiger partial charge in [0.2, 0.25) is 5.91 Å². The van der Waals surface area contributed by atoms with Crippen LogP contribution in [0.15, 0.2) is 29.4 Å². The van der Waals surface area contributed by atoms with E-state index in [0.717, 1.165) is 48.3 Å². The van der Waals surface area contributed by atoms with Crippen molar-refractivity contribution in [1.82, 2.24) is 5.43 Å². The standard InChI is InChI=1S/C19H24N2O2/c1-23-17-5-3-2-4-16(17)12-20-21-18(22)19-9-13-6-14(10-19)8-15(7-13)11-19/h2-5,12-15H,6-11H2,1H3,(H,21,22). The van der Waals surface area contributed by atoms with Gasteiger partial charge in [0.05, 0.1) is 18.7 Å². The zero-order valence-electron chi connectivity index (χ0n) is 13.6. The number of methoxy groups -OCH3 is 1. The number of amides is 1. The third-order valence-electron chi connectivity index (χ3n) is 6.03. The minimum Gasteiger partial charge on any atom is -0.496 e. The fourth-order valence-electron chi connectivity index (χ4n) is 5.44. The van der Waals surface area contributed by atoms with E-state index in [1.807, 2.05) is 24.3 Å². The predicted molar refractivity (Wildman–Crippen MR) is 89.3 cm³/mol. The molecule has 4 heteroatoms. The van der Waals surface area contributed by atoms with Crippen LogP contribution in [-0.4, -0.2) is 19.2 Å². The van der Waals surface area contributed by atoms with Gasteiger partial charge in [0.1, 0.15) is 5.75 Å². The van der Waals surface area contributed by atoms with Gasteiger partial charge in [-0.3, -0.25) is 4.79 Å². The lowest BCUT2D eigenvalue weighted by Crippen LogP contribution is -2.52. The zero-order valence-corrected chi connectivity index (χ0v) is 13.6. The van der Waals surface area contributed by atoms with Gasteiger partial charge in [-0.05, 0) is 68.4 Å². The van der Waals surface area contributed by atoms with Gasteiger partial charge in [-0.1, -0.05) is 12.1 Å². The Kier molecular flexibility index (Phi) is 3.63. The first-order chi connectivity index (χ1) is 11.2. The third-order valence-corrected chi connectivity index (χ3v) is 6.03. The molecule has 1 aromatic rings. The largest absolute Gasteiger partial charge is 0.496 e. The van der Waals surface area contributed by atoms with Crippen molar-refractivity contribution < 1.29 is 9.53 Å². The molecule has 0 aliphatic heterocycles. The monoisotopic (exact) mass is 312 g/mol. The summed E-state index contributed by atoms with van der Waals surface area (Å²) in [6, 6.07) is 7.68. The molecule has 4 aliphatic carbocycles. The van der Waals surface area contributed by atoms with Crippen LogP contribution in [0.2, 0.25) is 0 Å². The summed E-state index contributed by atoms with van der Waals surface area (Å²) >= 11 is 0. The summed E-state index contributed by atoms with van der Waals surface area (Å²) in [5.74, 6) is 3.20. The molecular weight excluding hydrogens is 288 g/mol. The van der Waals surface area contributed by atoms with Gasteiger partial charge < -0.3 is 4.74 Å². The Morgan fingerprint density at radius 2 is 1.78 bits per heavy atom. The maximum atomic E-state index is 12.8. The van der Waals surface area contributed by atoms with E-state index in [1.54, 1.807) is 13.3 Å². The molecule has 1 amide bonds. The minimum absolute atomic E-state index is 0.128. The second kappa shape index (κ2) is 5.66. The Morgan fingerprint density at radius 1 is 1.17 bits per heavy atom. The second-order valence-corrected chi connectivity index (χ2v) is 7.64. The molecule has 4 saturated carbocycles. The number of ether oxygens (including phenoxy) is 1. The van der Waals surface area contributed by atoms with Gasteiger partial charge in [0, 0.05) is 5.56 Å². The Labute approximate surface area is 137 Å². The number of carbonyl (C=O) groups is 1. The molecule has 4 aliphatic rings. The van der Waals surface area contributed by atoms with Crippen molar-refractivity contribution in [3.05, 3.63) is 29.8 Å². The predicted octanol–water partition coefficient (Wildman–Crippen LogP) is 3.36. The van der Waals surface area contributed by atoms with Gasteiger partial charge in [-0.25, -0.2) is 5.43 Å². The minimum atomic E-state index is -0.146. The quantitative estimate of drug-likeness (QED) is 0.684. The number of hydrogen-bond acceptors (Lipinski definition) is 3. The maximum Gasteiger partial charge on any atom is 0.246 e. The third kappa shape index (κ3) is 2.64. The number of hydrogen-bond donors (Lipinski definition) is 1. The van der Waals surface area contributed by atoms with Gasteiger partial charge in [-0.2, -0.15) is 5.10 Å². The lowest BCUT2D eigenvalue weighted by molar-refractivity contribution is -0.146. The molecule has 0 heterocycles. The van der Waals surface area contributed by atoms with Gasteiger partial charge in [0.15, 0.2) is 0 Å². The van der Waals surface area contributed by atoms with Gasteiger partial charge in [-0.15, -0.1) is 0 Å². The van der Waals surface area contributed by atoms with Crippen LogP contribution in [0.4, 0.5) is 0 Å². The summed E-state index contributed by atoms with van der Waals surface area (Å²) in [5, 5.41) is 4.20. The van der Waals surface area contributed by atoms with Gasteiger partial charge >= 0.3 is 0 Å². The van der Waals surface area contributed by atoms with Crippen LogP contribution in [0.1, 0.15) is 44.1 Å². The molecular formula is C19H24N2O2. The summed E-state index contributed by atoms with van der Waals surface area (Å²) in [7, 11) is 1.64. The number of benzene rings is 1. The number of nitrogens with zero attached hydrogens (tertiary/aromatic N) is 1. The first kappa shape index (κ1) is 14.7. The molecule has 4 nitrogen and oxygen atoms in total. The molecule has 23 heavy (non-hydrogen) atoms. The van der Waals surface area contributed by atoms with Crippen molar-refractivity contribution in [1.29, 1.82) is 0 Å². The SMILES string of the molecule is COc1ccccc1C=NNC(=O)C12CC3CC(CC(C3)C1)C2. The van der Waals surface area contributed by atoms with Crippen molar-refractivity contribution in [2.75, 3.05) is 7.11 Å². The summed E-state index contributed by atoms with van der Waals surface area (Å²) in [4.78, 5) is 12.8. The topological polar surface area (TPSA) is 50.7 Å². The van der Waals surface area contributed by atoms with Crippen LogP contribution in [0.25, 0.3) is 0 Å². The normalized spacial score (nSPS) is 34.7. The molecule has 4 fully saturated rings. The average Bonchev–Trinajstić information content (AvgIpc) is 2.54. The van der Waals surface area contributed by atoms with Crippen molar-refractivity contribution >= 4 is 12.1 Å². The fraction of sp³-hybridized carbons (Fsp3) is 0.579. The Balaban J connectivity index is 1.45. The molecule has 4 bridgehead atoms. The van der Waals surface area contributed by atoms with E-state index in [9.17, 15) is 4.79 Å². The second-order valence-electron chi connectivity index (χ2n) is 7.64. The van der Waals surface area contributed by atoms with Crippen LogP contribution in [0.5, 0.6) is 5.75 Å². The summed E-state index contributed by atoms with van der Waals surface area (Å²) < 4.78 is 5.30. The smallest absolute Gasteiger partial charge is 0.246 e. The van der Waals surface area contributed by atoms with E-state index in [4.69, 9.17) is 4.74 Å². The molecule has 0 radical (unpaired) electrons. The van der Waals surface area contributed by atoms with Crippen molar-refractivity contribution in [2.45, 2.75) is 38.5 Å². The van der Waals surface area contributed by atoms with E-state index >= 15 is 0 Å². The van der Waals surface area contributed by atoms with E-state index in [2.05, 4.69) is 10.5 Å². The Hall–Kier alpha value is -1.84. The first-order valence-corrected chi connectivity index (χ1v) is 8.65. The summed E-state index contributed by atoms with van der Waals surface area (Å²) in [6.07, 6.45) is 8.90. The van der Waals surface area contributed by atoms with Crippen LogP contribution >= 0.6 is 0 Å². The van der Waals surface area contributed by atoms with Gasteiger partial charge in [0.25, 0.3) is 0 Å². The molecule has 0 saturated heterocycles. The van der Waals surface area contributed by atoms with E-state index in [1.165, 1.54) is 19.3 Å². The number of hydrazone groups is 1.